The maximum Gasteiger partial charge on any atom is 0.245 e. The van der Waals surface area contributed by atoms with Crippen molar-refractivity contribution < 1.29 is 13.2 Å². The van der Waals surface area contributed by atoms with E-state index in [2.05, 4.69) is 11.9 Å². The van der Waals surface area contributed by atoms with E-state index < -0.39 is 16.1 Å². The molecule has 0 N–H and O–H groups in total. The summed E-state index contributed by atoms with van der Waals surface area (Å²) in [5, 5.41) is 3.74. The number of hydrogen-bond donors (Lipinski definition) is 0. The van der Waals surface area contributed by atoms with Crippen molar-refractivity contribution >= 4 is 61.4 Å². The molecule has 3 heterocycles. The molecule has 1 atom stereocenters. The van der Waals surface area contributed by atoms with Crippen molar-refractivity contribution in [1.82, 2.24) is 14.2 Å². The Labute approximate surface area is 243 Å². The zero-order valence-corrected chi connectivity index (χ0v) is 24.7. The maximum absolute atomic E-state index is 14.0. The van der Waals surface area contributed by atoms with Gasteiger partial charge in [-0.05, 0) is 59.7 Å². The van der Waals surface area contributed by atoms with E-state index in [1.54, 1.807) is 52.8 Å². The molecule has 0 radical (unpaired) electrons. The van der Waals surface area contributed by atoms with Crippen molar-refractivity contribution in [2.24, 2.45) is 0 Å². The van der Waals surface area contributed by atoms with Gasteiger partial charge in [-0.15, -0.1) is 11.3 Å². The first-order chi connectivity index (χ1) is 18.8. The van der Waals surface area contributed by atoms with Gasteiger partial charge in [-0.25, -0.2) is 8.42 Å². The lowest BCUT2D eigenvalue weighted by Crippen LogP contribution is -2.47. The van der Waals surface area contributed by atoms with E-state index in [9.17, 15) is 13.2 Å². The summed E-state index contributed by atoms with van der Waals surface area (Å²) < 4.78 is 29.4. The largest absolute Gasteiger partial charge is 0.330 e. The fraction of sp³-hybridized carbons (Fsp3) is 0.310. The number of hydrogen-bond acceptors (Lipinski definition) is 5. The Morgan fingerprint density at radius 3 is 2.72 bits per heavy atom. The van der Waals surface area contributed by atoms with Crippen LogP contribution < -0.4 is 0 Å². The van der Waals surface area contributed by atoms with Crippen molar-refractivity contribution in [1.29, 1.82) is 0 Å². The first-order valence-corrected chi connectivity index (χ1v) is 16.0. The number of thiophene rings is 1. The average Bonchev–Trinajstić information content (AvgIpc) is 3.41. The van der Waals surface area contributed by atoms with E-state index in [1.807, 2.05) is 29.6 Å². The zero-order valence-electron chi connectivity index (χ0n) is 21.5. The van der Waals surface area contributed by atoms with Crippen LogP contribution in [0.15, 0.2) is 71.1 Å². The van der Waals surface area contributed by atoms with Crippen molar-refractivity contribution in [2.75, 3.05) is 19.6 Å². The number of halogens is 2. The van der Waals surface area contributed by atoms with Gasteiger partial charge >= 0.3 is 0 Å². The molecule has 6 nitrogen and oxygen atoms in total. The van der Waals surface area contributed by atoms with Crippen LogP contribution in [0.4, 0.5) is 0 Å². The number of aromatic nitrogens is 1. The third-order valence-electron chi connectivity index (χ3n) is 7.08. The minimum atomic E-state index is -4.01. The highest BCUT2D eigenvalue weighted by atomic mass is 35.5. The van der Waals surface area contributed by atoms with Crippen LogP contribution in [0.25, 0.3) is 10.9 Å². The molecule has 0 bridgehead atoms. The van der Waals surface area contributed by atoms with E-state index in [-0.39, 0.29) is 23.9 Å². The first-order valence-electron chi connectivity index (χ1n) is 13.0. The minimum Gasteiger partial charge on any atom is -0.330 e. The van der Waals surface area contributed by atoms with E-state index in [1.165, 1.54) is 9.18 Å². The molecule has 1 unspecified atom stereocenters. The lowest BCUT2D eigenvalue weighted by atomic mass is 9.93. The fourth-order valence-electron chi connectivity index (χ4n) is 5.13. The summed E-state index contributed by atoms with van der Waals surface area (Å²) in [5.41, 5.74) is 2.19. The number of benzene rings is 2. The van der Waals surface area contributed by atoms with Gasteiger partial charge in [-0.1, -0.05) is 67.2 Å². The summed E-state index contributed by atoms with van der Waals surface area (Å²) in [4.78, 5) is 21.4. The maximum atomic E-state index is 14.0. The lowest BCUT2D eigenvalue weighted by Gasteiger charge is -2.38. The SMILES string of the molecule is CCCCCN(CC(=O)N1CCc2sccc2C1c1ccc(Cl)cc1Cl)S(=O)(=O)c1cccc2cccnc12. The Kier molecular flexibility index (Phi) is 8.59. The second kappa shape index (κ2) is 11.9. The van der Waals surface area contributed by atoms with Crippen LogP contribution >= 0.6 is 34.5 Å². The number of unbranched alkanes of at least 4 members (excludes halogenated alkanes) is 2. The standard InChI is InChI=1S/C29H29Cl2N3O3S2/c1-2-3-4-15-33(39(36,37)26-9-5-7-20-8-6-14-32-28(20)26)19-27(35)34-16-12-25-23(13-17-38-25)29(34)22-11-10-21(30)18-24(22)31/h5-11,13-14,17-18,29H,2-4,12,15-16,19H2,1H3. The van der Waals surface area contributed by atoms with Crippen LogP contribution in [0.5, 0.6) is 0 Å². The second-order valence-corrected chi connectivity index (χ2v) is 13.3. The Bertz CT molecular complexity index is 1600. The Hall–Kier alpha value is -2.49. The number of fused-ring (bicyclic) bond motifs is 2. The van der Waals surface area contributed by atoms with Crippen molar-refractivity contribution in [3.05, 3.63) is 92.2 Å². The normalized spacial score (nSPS) is 15.6. The molecule has 2 aromatic carbocycles. The lowest BCUT2D eigenvalue weighted by molar-refractivity contribution is -0.133. The number of para-hydroxylation sites is 1. The predicted octanol–water partition coefficient (Wildman–Crippen LogP) is 6.96. The van der Waals surface area contributed by atoms with E-state index in [0.29, 0.717) is 34.9 Å². The number of amides is 1. The van der Waals surface area contributed by atoms with Crippen LogP contribution in [0, 0.1) is 0 Å². The smallest absolute Gasteiger partial charge is 0.245 e. The molecule has 4 aromatic rings. The molecule has 1 amide bonds. The van der Waals surface area contributed by atoms with Gasteiger partial charge < -0.3 is 4.90 Å². The van der Waals surface area contributed by atoms with Crippen LogP contribution in [-0.2, 0) is 21.2 Å². The number of carbonyl (C=O) groups excluding carboxylic acids is 1. The summed E-state index contributed by atoms with van der Waals surface area (Å²) in [6.07, 6.45) is 4.74. The molecule has 0 aliphatic carbocycles. The monoisotopic (exact) mass is 601 g/mol. The van der Waals surface area contributed by atoms with Crippen LogP contribution in [-0.4, -0.2) is 48.1 Å². The molecule has 0 spiro atoms. The van der Waals surface area contributed by atoms with Gasteiger partial charge in [0.25, 0.3) is 0 Å². The van der Waals surface area contributed by atoms with E-state index in [0.717, 1.165) is 29.4 Å². The molecule has 0 fully saturated rings. The molecule has 0 saturated carbocycles. The van der Waals surface area contributed by atoms with Crippen molar-refractivity contribution in [3.8, 4) is 0 Å². The minimum absolute atomic E-state index is 0.112. The predicted molar refractivity (Wildman–Crippen MR) is 158 cm³/mol. The Morgan fingerprint density at radius 2 is 1.92 bits per heavy atom. The molecule has 1 aliphatic rings. The van der Waals surface area contributed by atoms with Crippen molar-refractivity contribution in [3.63, 3.8) is 0 Å². The number of sulfonamides is 1. The molecule has 2 aromatic heterocycles. The third kappa shape index (κ3) is 5.72. The summed E-state index contributed by atoms with van der Waals surface area (Å²) >= 11 is 14.5. The summed E-state index contributed by atoms with van der Waals surface area (Å²) in [7, 11) is -4.01. The molecule has 39 heavy (non-hydrogen) atoms. The van der Waals surface area contributed by atoms with Crippen LogP contribution in [0.1, 0.15) is 48.2 Å². The number of rotatable bonds is 9. The molecular weight excluding hydrogens is 573 g/mol. The van der Waals surface area contributed by atoms with E-state index in [4.69, 9.17) is 23.2 Å². The van der Waals surface area contributed by atoms with Gasteiger partial charge in [0.15, 0.2) is 0 Å². The van der Waals surface area contributed by atoms with Gasteiger partial charge in [0.1, 0.15) is 4.90 Å². The third-order valence-corrected chi connectivity index (χ3v) is 10.5. The highest BCUT2D eigenvalue weighted by molar-refractivity contribution is 7.89. The van der Waals surface area contributed by atoms with Crippen molar-refractivity contribution in [2.45, 2.75) is 43.5 Å². The molecule has 204 valence electrons. The molecular formula is C29H29Cl2N3O3S2. The number of carbonyl (C=O) groups is 1. The van der Waals surface area contributed by atoms with Gasteiger partial charge in [0.2, 0.25) is 15.9 Å². The Morgan fingerprint density at radius 1 is 1.10 bits per heavy atom. The topological polar surface area (TPSA) is 70.6 Å². The molecule has 0 saturated heterocycles. The van der Waals surface area contributed by atoms with Crippen LogP contribution in [0.3, 0.4) is 0 Å². The highest BCUT2D eigenvalue weighted by Crippen LogP contribution is 2.41. The summed E-state index contributed by atoms with van der Waals surface area (Å²) in [6, 6.07) is 15.6. The fourth-order valence-corrected chi connectivity index (χ4v) is 8.14. The highest BCUT2D eigenvalue weighted by Gasteiger charge is 2.36. The zero-order chi connectivity index (χ0) is 27.6. The summed E-state index contributed by atoms with van der Waals surface area (Å²) in [6.45, 7) is 2.51. The van der Waals surface area contributed by atoms with Gasteiger partial charge in [-0.3, -0.25) is 9.78 Å². The van der Waals surface area contributed by atoms with Crippen LogP contribution in [0.2, 0.25) is 10.0 Å². The number of pyridine rings is 1. The average molecular weight is 603 g/mol. The van der Waals surface area contributed by atoms with Gasteiger partial charge in [-0.2, -0.15) is 4.31 Å². The quantitative estimate of drug-likeness (QED) is 0.194. The molecule has 10 heteroatoms. The summed E-state index contributed by atoms with van der Waals surface area (Å²) in [5.74, 6) is -0.267. The Balaban J connectivity index is 1.51. The molecule has 5 rings (SSSR count). The van der Waals surface area contributed by atoms with Gasteiger partial charge in [0, 0.05) is 39.6 Å². The second-order valence-electron chi connectivity index (χ2n) is 9.58. The first kappa shape index (κ1) is 28.1. The van der Waals surface area contributed by atoms with E-state index >= 15 is 0 Å². The number of nitrogens with zero attached hydrogens (tertiary/aromatic N) is 3. The molecule has 1 aliphatic heterocycles. The van der Waals surface area contributed by atoms with Gasteiger partial charge in [0.05, 0.1) is 18.1 Å².